The van der Waals surface area contributed by atoms with Crippen LogP contribution in [0.2, 0.25) is 10.0 Å². The fourth-order valence-corrected chi connectivity index (χ4v) is 2.48. The number of benzene rings is 1. The summed E-state index contributed by atoms with van der Waals surface area (Å²) in [5.74, 6) is -2.80. The second kappa shape index (κ2) is 5.11. The van der Waals surface area contributed by atoms with Gasteiger partial charge in [-0.1, -0.05) is 23.2 Å². The first-order chi connectivity index (χ1) is 9.19. The van der Waals surface area contributed by atoms with Crippen LogP contribution in [0.15, 0.2) is 17.7 Å². The predicted molar refractivity (Wildman–Crippen MR) is 75.4 cm³/mol. The molecule has 0 atom stereocenters. The number of cyclic esters (lactones) is 2. The van der Waals surface area contributed by atoms with Crippen LogP contribution in [0.25, 0.3) is 6.08 Å². The molecular formula is C14H12Cl2O4. The van der Waals surface area contributed by atoms with Crippen molar-refractivity contribution >= 4 is 41.2 Å². The Kier molecular flexibility index (Phi) is 3.80. The molecule has 1 aromatic carbocycles. The lowest BCUT2D eigenvalue weighted by Crippen LogP contribution is -2.41. The maximum Gasteiger partial charge on any atom is 0.348 e. The molecule has 0 aliphatic carbocycles. The van der Waals surface area contributed by atoms with Crippen molar-refractivity contribution in [2.24, 2.45) is 0 Å². The Balaban J connectivity index is 2.46. The van der Waals surface area contributed by atoms with E-state index in [-0.39, 0.29) is 5.57 Å². The number of carbonyl (C=O) groups is 2. The minimum atomic E-state index is -1.27. The number of carbonyl (C=O) groups excluding carboxylic acids is 2. The van der Waals surface area contributed by atoms with Crippen LogP contribution in [0.1, 0.15) is 25.0 Å². The molecule has 106 valence electrons. The van der Waals surface area contributed by atoms with E-state index < -0.39 is 17.7 Å². The average Bonchev–Trinajstić information content (AvgIpc) is 2.24. The molecule has 0 radical (unpaired) electrons. The van der Waals surface area contributed by atoms with E-state index in [1.54, 1.807) is 12.1 Å². The number of esters is 2. The highest BCUT2D eigenvalue weighted by molar-refractivity contribution is 6.37. The van der Waals surface area contributed by atoms with Gasteiger partial charge in [0.1, 0.15) is 5.57 Å². The number of halogens is 2. The lowest BCUT2D eigenvalue weighted by molar-refractivity contribution is -0.222. The Morgan fingerprint density at radius 2 is 1.50 bits per heavy atom. The van der Waals surface area contributed by atoms with Crippen LogP contribution >= 0.6 is 23.2 Å². The van der Waals surface area contributed by atoms with Gasteiger partial charge >= 0.3 is 11.9 Å². The molecule has 6 heteroatoms. The molecule has 1 aliphatic rings. The first-order valence-corrected chi connectivity index (χ1v) is 6.59. The van der Waals surface area contributed by atoms with Crippen LogP contribution in [0.5, 0.6) is 0 Å². The van der Waals surface area contributed by atoms with Gasteiger partial charge in [0.2, 0.25) is 0 Å². The van der Waals surface area contributed by atoms with Crippen molar-refractivity contribution in [3.63, 3.8) is 0 Å². The Hall–Kier alpha value is -1.52. The smallest absolute Gasteiger partial charge is 0.348 e. The Morgan fingerprint density at radius 1 is 1.05 bits per heavy atom. The molecule has 0 unspecified atom stereocenters. The van der Waals surface area contributed by atoms with Crippen molar-refractivity contribution < 1.29 is 19.1 Å². The monoisotopic (exact) mass is 314 g/mol. The molecule has 0 N–H and O–H groups in total. The van der Waals surface area contributed by atoms with Gasteiger partial charge in [-0.15, -0.1) is 0 Å². The summed E-state index contributed by atoms with van der Waals surface area (Å²) in [7, 11) is 0. The third-order valence-corrected chi connectivity index (χ3v) is 3.25. The van der Waals surface area contributed by atoms with Gasteiger partial charge in [-0.3, -0.25) is 0 Å². The molecule has 0 saturated carbocycles. The largest absolute Gasteiger partial charge is 0.419 e. The van der Waals surface area contributed by atoms with Crippen LogP contribution in [0, 0.1) is 6.92 Å². The third-order valence-electron chi connectivity index (χ3n) is 2.63. The van der Waals surface area contributed by atoms with Crippen LogP contribution in [0.3, 0.4) is 0 Å². The molecule has 4 nitrogen and oxygen atoms in total. The molecule has 0 spiro atoms. The summed E-state index contributed by atoms with van der Waals surface area (Å²) in [5.41, 5.74) is 1.01. The first kappa shape index (κ1) is 14.9. The van der Waals surface area contributed by atoms with E-state index >= 15 is 0 Å². The molecule has 0 amide bonds. The van der Waals surface area contributed by atoms with Crippen molar-refractivity contribution in [3.8, 4) is 0 Å². The zero-order valence-corrected chi connectivity index (χ0v) is 12.6. The van der Waals surface area contributed by atoms with E-state index in [1.165, 1.54) is 19.9 Å². The van der Waals surface area contributed by atoms with Crippen LogP contribution in [-0.2, 0) is 19.1 Å². The highest BCUT2D eigenvalue weighted by Gasteiger charge is 2.39. The number of rotatable bonds is 1. The fourth-order valence-electron chi connectivity index (χ4n) is 1.77. The van der Waals surface area contributed by atoms with E-state index in [0.717, 1.165) is 5.56 Å². The molecule has 1 fully saturated rings. The van der Waals surface area contributed by atoms with Crippen LogP contribution in [-0.4, -0.2) is 17.7 Å². The molecule has 2 rings (SSSR count). The minimum Gasteiger partial charge on any atom is -0.419 e. The molecule has 1 heterocycles. The van der Waals surface area contributed by atoms with Gasteiger partial charge in [-0.25, -0.2) is 9.59 Å². The highest BCUT2D eigenvalue weighted by Crippen LogP contribution is 2.31. The lowest BCUT2D eigenvalue weighted by atomic mass is 10.1. The van der Waals surface area contributed by atoms with E-state index in [0.29, 0.717) is 15.6 Å². The number of hydrogen-bond donors (Lipinski definition) is 0. The maximum absolute atomic E-state index is 11.8. The van der Waals surface area contributed by atoms with Gasteiger partial charge in [0.25, 0.3) is 5.79 Å². The topological polar surface area (TPSA) is 52.6 Å². The van der Waals surface area contributed by atoms with E-state index in [4.69, 9.17) is 32.7 Å². The van der Waals surface area contributed by atoms with Crippen molar-refractivity contribution in [1.82, 2.24) is 0 Å². The standard InChI is InChI=1S/C14H12Cl2O4/c1-7-4-10(15)8(11(16)5-7)6-9-12(17)19-14(2,3)20-13(9)18/h4-6H,1-3H3. The normalized spacial score (nSPS) is 17.6. The third kappa shape index (κ3) is 2.97. The molecule has 1 aliphatic heterocycles. The zero-order valence-electron chi connectivity index (χ0n) is 11.1. The second-order valence-corrected chi connectivity index (χ2v) is 5.69. The number of aryl methyl sites for hydroxylation is 1. The van der Waals surface area contributed by atoms with Gasteiger partial charge in [0.15, 0.2) is 0 Å². The average molecular weight is 315 g/mol. The summed E-state index contributed by atoms with van der Waals surface area (Å²) in [6, 6.07) is 3.37. The Labute approximate surface area is 126 Å². The predicted octanol–water partition coefficient (Wildman–Crippen LogP) is 3.52. The van der Waals surface area contributed by atoms with Gasteiger partial charge in [0, 0.05) is 29.5 Å². The van der Waals surface area contributed by atoms with Crippen molar-refractivity contribution in [2.45, 2.75) is 26.6 Å². The van der Waals surface area contributed by atoms with E-state index in [1.807, 2.05) is 6.92 Å². The Bertz CT molecular complexity index is 587. The van der Waals surface area contributed by atoms with Crippen molar-refractivity contribution in [1.29, 1.82) is 0 Å². The lowest BCUT2D eigenvalue weighted by Gasteiger charge is -2.29. The van der Waals surface area contributed by atoms with Crippen molar-refractivity contribution in [3.05, 3.63) is 38.9 Å². The summed E-state index contributed by atoms with van der Waals surface area (Å²) < 4.78 is 9.99. The summed E-state index contributed by atoms with van der Waals surface area (Å²) in [4.78, 5) is 23.7. The van der Waals surface area contributed by atoms with Gasteiger partial charge in [-0.2, -0.15) is 0 Å². The molecule has 20 heavy (non-hydrogen) atoms. The molecule has 0 bridgehead atoms. The molecule has 0 aromatic heterocycles. The fraction of sp³-hybridized carbons (Fsp3) is 0.286. The zero-order chi connectivity index (χ0) is 15.1. The van der Waals surface area contributed by atoms with Gasteiger partial charge in [-0.05, 0) is 30.7 Å². The summed E-state index contributed by atoms with van der Waals surface area (Å²) >= 11 is 12.1. The van der Waals surface area contributed by atoms with Crippen molar-refractivity contribution in [2.75, 3.05) is 0 Å². The van der Waals surface area contributed by atoms with Gasteiger partial charge < -0.3 is 9.47 Å². The molecule has 1 saturated heterocycles. The van der Waals surface area contributed by atoms with E-state index in [2.05, 4.69) is 0 Å². The summed E-state index contributed by atoms with van der Waals surface area (Å²) in [5, 5.41) is 0.681. The maximum atomic E-state index is 11.8. The minimum absolute atomic E-state index is 0.239. The number of hydrogen-bond acceptors (Lipinski definition) is 4. The Morgan fingerprint density at radius 3 is 1.95 bits per heavy atom. The summed E-state index contributed by atoms with van der Waals surface area (Å²) in [6.45, 7) is 4.79. The molecule has 1 aromatic rings. The number of ether oxygens (including phenoxy) is 2. The molecular weight excluding hydrogens is 303 g/mol. The first-order valence-electron chi connectivity index (χ1n) is 5.83. The van der Waals surface area contributed by atoms with Gasteiger partial charge in [0.05, 0.1) is 0 Å². The van der Waals surface area contributed by atoms with Crippen LogP contribution < -0.4 is 0 Å². The quantitative estimate of drug-likeness (QED) is 0.452. The SMILES string of the molecule is Cc1cc(Cl)c(C=C2C(=O)OC(C)(C)OC2=O)c(Cl)c1. The van der Waals surface area contributed by atoms with Crippen LogP contribution in [0.4, 0.5) is 0 Å². The second-order valence-electron chi connectivity index (χ2n) is 4.88. The van der Waals surface area contributed by atoms with E-state index in [9.17, 15) is 9.59 Å². The highest BCUT2D eigenvalue weighted by atomic mass is 35.5. The summed E-state index contributed by atoms with van der Waals surface area (Å²) in [6.07, 6.45) is 1.28.